The molecule has 4 rings (SSSR count). The van der Waals surface area contributed by atoms with Crippen LogP contribution in [0.15, 0.2) is 53.8 Å². The van der Waals surface area contributed by atoms with E-state index < -0.39 is 0 Å². The van der Waals surface area contributed by atoms with Gasteiger partial charge in [-0.15, -0.1) is 0 Å². The van der Waals surface area contributed by atoms with Crippen molar-refractivity contribution < 1.29 is 13.9 Å². The van der Waals surface area contributed by atoms with Crippen molar-refractivity contribution in [1.82, 2.24) is 9.55 Å². The standard InChI is InChI=1S/C21H22FN5O2/c1-14-24-7-8-27(14)18-5-3-15(11-17(18)22)13-25-21(23)26-16-4-6-19-20(12-16)29-10-2-9-28-19/h3-8,11-12H,2,9-10,13H2,1H3,(H3,23,25,26). The van der Waals surface area contributed by atoms with Gasteiger partial charge in [-0.1, -0.05) is 6.07 Å². The van der Waals surface area contributed by atoms with Crippen LogP contribution in [-0.4, -0.2) is 28.7 Å². The molecular formula is C21H22FN5O2. The Morgan fingerprint density at radius 1 is 1.21 bits per heavy atom. The third-order valence-electron chi connectivity index (χ3n) is 4.55. The molecule has 3 aromatic rings. The highest BCUT2D eigenvalue weighted by Gasteiger charge is 2.11. The Morgan fingerprint density at radius 2 is 2.03 bits per heavy atom. The van der Waals surface area contributed by atoms with Crippen molar-refractivity contribution in [3.05, 3.63) is 66.0 Å². The minimum absolute atomic E-state index is 0.231. The molecule has 1 aromatic heterocycles. The number of guanidine groups is 1. The van der Waals surface area contributed by atoms with Crippen LogP contribution >= 0.6 is 0 Å². The molecule has 3 N–H and O–H groups in total. The molecule has 7 nitrogen and oxygen atoms in total. The summed E-state index contributed by atoms with van der Waals surface area (Å²) in [6, 6.07) is 10.5. The zero-order chi connectivity index (χ0) is 20.2. The van der Waals surface area contributed by atoms with E-state index in [1.54, 1.807) is 23.0 Å². The highest BCUT2D eigenvalue weighted by atomic mass is 19.1. The number of aromatic nitrogens is 2. The largest absolute Gasteiger partial charge is 0.490 e. The molecule has 29 heavy (non-hydrogen) atoms. The van der Waals surface area contributed by atoms with Crippen molar-refractivity contribution in [3.63, 3.8) is 0 Å². The van der Waals surface area contributed by atoms with Gasteiger partial charge in [-0.3, -0.25) is 0 Å². The molecule has 2 heterocycles. The van der Waals surface area contributed by atoms with Gasteiger partial charge in [0.2, 0.25) is 0 Å². The molecule has 2 aromatic carbocycles. The van der Waals surface area contributed by atoms with Crippen LogP contribution in [0.4, 0.5) is 10.1 Å². The number of nitrogens with two attached hydrogens (primary N) is 1. The summed E-state index contributed by atoms with van der Waals surface area (Å²) in [5.41, 5.74) is 7.89. The molecule has 0 unspecified atom stereocenters. The molecule has 8 heteroatoms. The van der Waals surface area contributed by atoms with E-state index in [2.05, 4.69) is 15.3 Å². The van der Waals surface area contributed by atoms with Gasteiger partial charge in [-0.25, -0.2) is 14.4 Å². The first-order valence-corrected chi connectivity index (χ1v) is 9.35. The van der Waals surface area contributed by atoms with Gasteiger partial charge in [0, 0.05) is 30.6 Å². The van der Waals surface area contributed by atoms with Crippen molar-refractivity contribution >= 4 is 11.6 Å². The van der Waals surface area contributed by atoms with E-state index in [0.717, 1.165) is 17.9 Å². The van der Waals surface area contributed by atoms with Crippen molar-refractivity contribution in [2.24, 2.45) is 10.7 Å². The number of hydrogen-bond donors (Lipinski definition) is 2. The topological polar surface area (TPSA) is 86.7 Å². The van der Waals surface area contributed by atoms with Crippen LogP contribution in [0.2, 0.25) is 0 Å². The fourth-order valence-corrected chi connectivity index (χ4v) is 3.08. The van der Waals surface area contributed by atoms with Crippen LogP contribution in [0, 0.1) is 12.7 Å². The highest BCUT2D eigenvalue weighted by Crippen LogP contribution is 2.32. The second kappa shape index (κ2) is 8.22. The Bertz CT molecular complexity index is 1050. The number of hydrogen-bond acceptors (Lipinski definition) is 4. The van der Waals surface area contributed by atoms with E-state index in [4.69, 9.17) is 15.2 Å². The number of rotatable bonds is 4. The molecule has 0 amide bonds. The van der Waals surface area contributed by atoms with E-state index in [-0.39, 0.29) is 18.3 Å². The van der Waals surface area contributed by atoms with Crippen molar-refractivity contribution in [2.45, 2.75) is 19.9 Å². The number of ether oxygens (including phenoxy) is 2. The van der Waals surface area contributed by atoms with Crippen molar-refractivity contribution in [1.29, 1.82) is 0 Å². The van der Waals surface area contributed by atoms with Gasteiger partial charge in [-0.05, 0) is 36.8 Å². The molecule has 0 aliphatic carbocycles. The summed E-state index contributed by atoms with van der Waals surface area (Å²) in [5.74, 6) is 2.00. The molecule has 0 bridgehead atoms. The number of aliphatic imine (C=N–C) groups is 1. The molecule has 0 atom stereocenters. The molecule has 1 aliphatic rings. The maximum atomic E-state index is 14.5. The zero-order valence-electron chi connectivity index (χ0n) is 16.1. The van der Waals surface area contributed by atoms with Crippen LogP contribution in [0.3, 0.4) is 0 Å². The summed E-state index contributed by atoms with van der Waals surface area (Å²) in [6.45, 7) is 3.33. The monoisotopic (exact) mass is 395 g/mol. The third-order valence-corrected chi connectivity index (χ3v) is 4.55. The average Bonchev–Trinajstić information content (AvgIpc) is 2.99. The first-order valence-electron chi connectivity index (χ1n) is 9.35. The number of fused-ring (bicyclic) bond motifs is 1. The zero-order valence-corrected chi connectivity index (χ0v) is 16.1. The molecule has 150 valence electrons. The number of halogens is 1. The lowest BCUT2D eigenvalue weighted by Gasteiger charge is -2.11. The van der Waals surface area contributed by atoms with Gasteiger partial charge < -0.3 is 25.1 Å². The van der Waals surface area contributed by atoms with Gasteiger partial charge in [0.1, 0.15) is 11.6 Å². The summed E-state index contributed by atoms with van der Waals surface area (Å²) in [4.78, 5) is 8.42. The molecule has 0 fully saturated rings. The number of imidazole rings is 1. The lowest BCUT2D eigenvalue weighted by atomic mass is 10.2. The summed E-state index contributed by atoms with van der Waals surface area (Å²) in [5, 5.41) is 3.02. The second-order valence-corrected chi connectivity index (χ2v) is 6.67. The number of nitrogens with zero attached hydrogens (tertiary/aromatic N) is 3. The predicted molar refractivity (Wildman–Crippen MR) is 109 cm³/mol. The first-order chi connectivity index (χ1) is 14.1. The Balaban J connectivity index is 1.43. The summed E-state index contributed by atoms with van der Waals surface area (Å²) >= 11 is 0. The number of benzene rings is 2. The quantitative estimate of drug-likeness (QED) is 0.522. The van der Waals surface area contributed by atoms with Crippen molar-refractivity contribution in [3.8, 4) is 17.2 Å². The minimum Gasteiger partial charge on any atom is -0.490 e. The normalized spacial score (nSPS) is 13.8. The summed E-state index contributed by atoms with van der Waals surface area (Å²) in [6.07, 6.45) is 4.21. The highest BCUT2D eigenvalue weighted by molar-refractivity contribution is 5.92. The van der Waals surface area contributed by atoms with E-state index in [9.17, 15) is 4.39 Å². The first kappa shape index (κ1) is 18.8. The number of nitrogens with one attached hydrogen (secondary N) is 1. The van der Waals surface area contributed by atoms with E-state index in [1.165, 1.54) is 6.07 Å². The predicted octanol–water partition coefficient (Wildman–Crippen LogP) is 3.41. The van der Waals surface area contributed by atoms with Gasteiger partial charge in [0.25, 0.3) is 0 Å². The lowest BCUT2D eigenvalue weighted by molar-refractivity contribution is 0.297. The Hall–Kier alpha value is -3.55. The molecule has 0 saturated carbocycles. The van der Waals surface area contributed by atoms with Crippen LogP contribution in [-0.2, 0) is 6.54 Å². The Kier molecular flexibility index (Phi) is 5.33. The van der Waals surface area contributed by atoms with Crippen LogP contribution < -0.4 is 20.5 Å². The molecule has 1 aliphatic heterocycles. The molecule has 0 saturated heterocycles. The van der Waals surface area contributed by atoms with Gasteiger partial charge in [0.05, 0.1) is 25.4 Å². The van der Waals surface area contributed by atoms with Gasteiger partial charge in [0.15, 0.2) is 17.5 Å². The van der Waals surface area contributed by atoms with Crippen LogP contribution in [0.5, 0.6) is 11.5 Å². The Labute approximate surface area is 168 Å². The minimum atomic E-state index is -0.340. The lowest BCUT2D eigenvalue weighted by Crippen LogP contribution is -2.22. The SMILES string of the molecule is Cc1nccn1-c1ccc(CN=C(N)Nc2ccc3c(c2)OCCCO3)cc1F. The van der Waals surface area contributed by atoms with E-state index in [0.29, 0.717) is 36.0 Å². The smallest absolute Gasteiger partial charge is 0.193 e. The van der Waals surface area contributed by atoms with Crippen molar-refractivity contribution in [2.75, 3.05) is 18.5 Å². The van der Waals surface area contributed by atoms with E-state index in [1.807, 2.05) is 31.2 Å². The van der Waals surface area contributed by atoms with Gasteiger partial charge >= 0.3 is 0 Å². The molecule has 0 spiro atoms. The molecular weight excluding hydrogens is 373 g/mol. The summed E-state index contributed by atoms with van der Waals surface area (Å²) < 4.78 is 27.5. The fourth-order valence-electron chi connectivity index (χ4n) is 3.08. The second-order valence-electron chi connectivity index (χ2n) is 6.67. The van der Waals surface area contributed by atoms with Crippen LogP contribution in [0.25, 0.3) is 5.69 Å². The maximum absolute atomic E-state index is 14.5. The fraction of sp³-hybridized carbons (Fsp3) is 0.238. The Morgan fingerprint density at radius 3 is 2.79 bits per heavy atom. The number of aryl methyl sites for hydroxylation is 1. The third kappa shape index (κ3) is 4.31. The number of anilines is 1. The average molecular weight is 395 g/mol. The van der Waals surface area contributed by atoms with Gasteiger partial charge in [-0.2, -0.15) is 0 Å². The van der Waals surface area contributed by atoms with Crippen LogP contribution in [0.1, 0.15) is 17.8 Å². The summed E-state index contributed by atoms with van der Waals surface area (Å²) in [7, 11) is 0. The van der Waals surface area contributed by atoms with E-state index >= 15 is 0 Å². The molecule has 0 radical (unpaired) electrons. The maximum Gasteiger partial charge on any atom is 0.193 e.